The van der Waals surface area contributed by atoms with Crippen LogP contribution in [-0.4, -0.2) is 4.98 Å². The molecule has 4 heteroatoms. The van der Waals surface area contributed by atoms with E-state index in [9.17, 15) is 0 Å². The zero-order valence-corrected chi connectivity index (χ0v) is 10.4. The molecule has 0 saturated heterocycles. The molecule has 2 nitrogen and oxygen atoms in total. The average molecular weight is 225 g/mol. The highest BCUT2D eigenvalue weighted by Crippen LogP contribution is 2.19. The van der Waals surface area contributed by atoms with E-state index in [2.05, 4.69) is 43.4 Å². The number of rotatable bonds is 1. The highest BCUT2D eigenvalue weighted by atomic mass is 32.1. The first-order valence-corrected chi connectivity index (χ1v) is 6.14. The first kappa shape index (κ1) is 9.80. The van der Waals surface area contributed by atoms with E-state index in [1.54, 1.807) is 11.3 Å². The van der Waals surface area contributed by atoms with E-state index in [1.165, 1.54) is 14.8 Å². The summed E-state index contributed by atoms with van der Waals surface area (Å²) in [6.07, 6.45) is 2.15. The number of aryl methyl sites for hydroxylation is 4. The fourth-order valence-electron chi connectivity index (χ4n) is 1.33. The number of nitrogens with zero attached hydrogens (tertiary/aromatic N) is 2. The molecule has 0 aliphatic rings. The lowest BCUT2D eigenvalue weighted by atomic mass is 10.4. The third-order valence-electron chi connectivity index (χ3n) is 2.18. The topological polar surface area (TPSA) is 16.8 Å². The fourth-order valence-corrected chi connectivity index (χ4v) is 3.19. The van der Waals surface area contributed by atoms with Crippen LogP contribution in [0.3, 0.4) is 0 Å². The second kappa shape index (κ2) is 3.44. The van der Waals surface area contributed by atoms with Gasteiger partial charge in [-0.25, -0.2) is 0 Å². The molecule has 2 aromatic rings. The van der Waals surface area contributed by atoms with Gasteiger partial charge >= 0.3 is 5.13 Å². The van der Waals surface area contributed by atoms with E-state index < -0.39 is 0 Å². The van der Waals surface area contributed by atoms with Crippen LogP contribution < -0.4 is 4.57 Å². The molecule has 0 amide bonds. The van der Waals surface area contributed by atoms with Crippen LogP contribution in [0.4, 0.5) is 0 Å². The van der Waals surface area contributed by atoms with Crippen molar-refractivity contribution in [2.24, 2.45) is 0 Å². The van der Waals surface area contributed by atoms with Crippen molar-refractivity contribution in [3.8, 4) is 5.13 Å². The first-order valence-electron chi connectivity index (χ1n) is 4.51. The predicted molar refractivity (Wildman–Crippen MR) is 60.5 cm³/mol. The van der Waals surface area contributed by atoms with Gasteiger partial charge in [-0.1, -0.05) is 0 Å². The predicted octanol–water partition coefficient (Wildman–Crippen LogP) is 2.71. The van der Waals surface area contributed by atoms with Crippen molar-refractivity contribution in [2.75, 3.05) is 0 Å². The molecule has 14 heavy (non-hydrogen) atoms. The lowest BCUT2D eigenvalue weighted by molar-refractivity contribution is -0.596. The van der Waals surface area contributed by atoms with Gasteiger partial charge in [-0.05, 0) is 30.2 Å². The van der Waals surface area contributed by atoms with Crippen LogP contribution in [0, 0.1) is 27.7 Å². The van der Waals surface area contributed by atoms with Crippen LogP contribution in [0.2, 0.25) is 0 Å². The minimum Gasteiger partial charge on any atom is -0.181 e. The summed E-state index contributed by atoms with van der Waals surface area (Å²) in [5.41, 5.74) is 1.14. The van der Waals surface area contributed by atoms with E-state index in [4.69, 9.17) is 0 Å². The largest absolute Gasteiger partial charge is 0.388 e. The Labute approximate surface area is 91.9 Å². The molecule has 0 spiro atoms. The van der Waals surface area contributed by atoms with Crippen molar-refractivity contribution < 1.29 is 4.57 Å². The molecule has 2 aromatic heterocycles. The van der Waals surface area contributed by atoms with Crippen LogP contribution in [0.1, 0.15) is 20.5 Å². The van der Waals surface area contributed by atoms with Gasteiger partial charge in [0, 0.05) is 18.7 Å². The highest BCUT2D eigenvalue weighted by Gasteiger charge is 2.18. The maximum absolute atomic E-state index is 4.54. The van der Waals surface area contributed by atoms with Gasteiger partial charge in [0.05, 0.1) is 4.88 Å². The summed E-state index contributed by atoms with van der Waals surface area (Å²) in [5.74, 6) is 0. The SMILES string of the molecule is Cc1c[n+](-c2nc(C)c(C)s2)c(C)s1. The summed E-state index contributed by atoms with van der Waals surface area (Å²) >= 11 is 3.56. The minimum atomic E-state index is 1.09. The zero-order chi connectivity index (χ0) is 10.3. The summed E-state index contributed by atoms with van der Waals surface area (Å²) in [5, 5.41) is 2.37. The maximum Gasteiger partial charge on any atom is 0.388 e. The third-order valence-corrected chi connectivity index (χ3v) is 4.17. The molecular weight excluding hydrogens is 212 g/mol. The monoisotopic (exact) mass is 225 g/mol. The number of thiazole rings is 2. The van der Waals surface area contributed by atoms with E-state index in [0.717, 1.165) is 10.8 Å². The second-order valence-electron chi connectivity index (χ2n) is 3.37. The van der Waals surface area contributed by atoms with Gasteiger partial charge in [0.1, 0.15) is 6.20 Å². The quantitative estimate of drug-likeness (QED) is 0.682. The molecule has 0 fully saturated rings. The lowest BCUT2D eigenvalue weighted by Crippen LogP contribution is -2.30. The van der Waals surface area contributed by atoms with Crippen molar-refractivity contribution in [1.82, 2.24) is 4.98 Å². The molecule has 74 valence electrons. The van der Waals surface area contributed by atoms with Crippen LogP contribution in [0.25, 0.3) is 5.13 Å². The van der Waals surface area contributed by atoms with Crippen molar-refractivity contribution in [3.63, 3.8) is 0 Å². The Morgan fingerprint density at radius 3 is 2.29 bits per heavy atom. The van der Waals surface area contributed by atoms with Gasteiger partial charge in [-0.15, -0.1) is 11.3 Å². The second-order valence-corrected chi connectivity index (χ2v) is 5.99. The molecule has 0 unspecified atom stereocenters. The van der Waals surface area contributed by atoms with E-state index in [0.29, 0.717) is 0 Å². The molecule has 0 N–H and O–H groups in total. The Balaban J connectivity index is 2.54. The molecule has 0 atom stereocenters. The minimum absolute atomic E-state index is 1.09. The molecule has 0 bridgehead atoms. The van der Waals surface area contributed by atoms with E-state index >= 15 is 0 Å². The molecule has 2 heterocycles. The first-order chi connectivity index (χ1) is 6.58. The number of aromatic nitrogens is 2. The highest BCUT2D eigenvalue weighted by molar-refractivity contribution is 7.14. The maximum atomic E-state index is 4.54. The van der Waals surface area contributed by atoms with Gasteiger partial charge in [0.2, 0.25) is 0 Å². The van der Waals surface area contributed by atoms with E-state index in [1.807, 2.05) is 11.3 Å². The van der Waals surface area contributed by atoms with Gasteiger partial charge in [0.25, 0.3) is 0 Å². The number of hydrogen-bond acceptors (Lipinski definition) is 3. The molecule has 0 aromatic carbocycles. The Hall–Kier alpha value is -0.740. The van der Waals surface area contributed by atoms with Crippen molar-refractivity contribution >= 4 is 22.7 Å². The van der Waals surface area contributed by atoms with Gasteiger partial charge in [-0.3, -0.25) is 0 Å². The lowest BCUT2D eigenvalue weighted by Gasteiger charge is -1.86. The van der Waals surface area contributed by atoms with Gasteiger partial charge < -0.3 is 0 Å². The Kier molecular flexibility index (Phi) is 2.41. The number of hydrogen-bond donors (Lipinski definition) is 0. The summed E-state index contributed by atoms with van der Waals surface area (Å²) in [6.45, 7) is 8.43. The standard InChI is InChI=1S/C10H13N2S2/c1-6-5-12(9(4)13-6)10-11-7(2)8(3)14-10/h5H,1-4H3/q+1. The van der Waals surface area contributed by atoms with Crippen LogP contribution in [0.15, 0.2) is 6.20 Å². The molecule has 0 aliphatic heterocycles. The van der Waals surface area contributed by atoms with Gasteiger partial charge in [-0.2, -0.15) is 4.57 Å². The van der Waals surface area contributed by atoms with Crippen LogP contribution in [-0.2, 0) is 0 Å². The Morgan fingerprint density at radius 1 is 1.14 bits per heavy atom. The summed E-state index contributed by atoms with van der Waals surface area (Å²) in [6, 6.07) is 0. The normalized spacial score (nSPS) is 10.9. The van der Waals surface area contributed by atoms with Gasteiger partial charge in [0.15, 0.2) is 10.7 Å². The molecule has 0 aliphatic carbocycles. The Bertz CT molecular complexity index is 449. The molecule has 0 saturated carbocycles. The average Bonchev–Trinajstić information content (AvgIpc) is 2.57. The van der Waals surface area contributed by atoms with E-state index in [-0.39, 0.29) is 0 Å². The summed E-state index contributed by atoms with van der Waals surface area (Å²) < 4.78 is 2.17. The third kappa shape index (κ3) is 1.60. The molecule has 0 radical (unpaired) electrons. The van der Waals surface area contributed by atoms with Crippen LogP contribution >= 0.6 is 22.7 Å². The zero-order valence-electron chi connectivity index (χ0n) is 8.79. The molecular formula is C10H13N2S2+. The molecule has 2 rings (SSSR count). The van der Waals surface area contributed by atoms with Crippen LogP contribution in [0.5, 0.6) is 0 Å². The summed E-state index contributed by atoms with van der Waals surface area (Å²) in [4.78, 5) is 7.17. The van der Waals surface area contributed by atoms with Crippen molar-refractivity contribution in [3.05, 3.63) is 26.7 Å². The Morgan fingerprint density at radius 2 is 1.86 bits per heavy atom. The smallest absolute Gasteiger partial charge is 0.181 e. The fraction of sp³-hybridized carbons (Fsp3) is 0.400. The van der Waals surface area contributed by atoms with Crippen molar-refractivity contribution in [1.29, 1.82) is 0 Å². The summed E-state index contributed by atoms with van der Waals surface area (Å²) in [7, 11) is 0. The van der Waals surface area contributed by atoms with Crippen molar-refractivity contribution in [2.45, 2.75) is 27.7 Å².